The van der Waals surface area contributed by atoms with Gasteiger partial charge in [0.25, 0.3) is 0 Å². The molecule has 19 heavy (non-hydrogen) atoms. The van der Waals surface area contributed by atoms with E-state index in [1.54, 1.807) is 19.1 Å². The highest BCUT2D eigenvalue weighted by atomic mass is 16.5. The van der Waals surface area contributed by atoms with Gasteiger partial charge in [-0.1, -0.05) is 13.0 Å². The Balaban J connectivity index is 2.30. The topological polar surface area (TPSA) is 78.8 Å². The van der Waals surface area contributed by atoms with E-state index in [0.717, 1.165) is 0 Å². The molecule has 0 heterocycles. The molecule has 0 aromatic heterocycles. The van der Waals surface area contributed by atoms with Crippen molar-refractivity contribution in [1.29, 1.82) is 0 Å². The molecule has 1 aromatic rings. The average Bonchev–Trinajstić information content (AvgIpc) is 2.38. The number of aromatic carboxylic acids is 1. The number of ether oxygens (including phenoxy) is 1. The van der Waals surface area contributed by atoms with Gasteiger partial charge in [-0.25, -0.2) is 4.79 Å². The van der Waals surface area contributed by atoms with Crippen LogP contribution in [0.5, 0.6) is 5.75 Å². The van der Waals surface area contributed by atoms with E-state index in [9.17, 15) is 9.90 Å². The number of nitrogens with one attached hydrogen (secondary N) is 1. The van der Waals surface area contributed by atoms with Gasteiger partial charge in [0.2, 0.25) is 0 Å². The van der Waals surface area contributed by atoms with Crippen LogP contribution in [0.1, 0.15) is 30.6 Å². The van der Waals surface area contributed by atoms with Gasteiger partial charge in [-0.2, -0.15) is 0 Å². The molecular weight excluding hydrogens is 246 g/mol. The molecule has 0 bridgehead atoms. The normalized spacial score (nSPS) is 13.8. The fraction of sp³-hybridized carbons (Fsp3) is 0.500. The lowest BCUT2D eigenvalue weighted by Crippen LogP contribution is -2.38. The van der Waals surface area contributed by atoms with Gasteiger partial charge in [0, 0.05) is 13.1 Å². The van der Waals surface area contributed by atoms with Gasteiger partial charge in [-0.15, -0.1) is 0 Å². The monoisotopic (exact) mass is 267 g/mol. The molecule has 5 heteroatoms. The van der Waals surface area contributed by atoms with E-state index in [1.807, 2.05) is 6.92 Å². The van der Waals surface area contributed by atoms with Crippen LogP contribution in [0, 0.1) is 0 Å². The first-order chi connectivity index (χ1) is 8.94. The highest BCUT2D eigenvalue weighted by molar-refractivity contribution is 5.87. The molecule has 0 saturated heterocycles. The number of carbonyl (C=O) groups is 1. The Morgan fingerprint density at radius 3 is 2.84 bits per heavy atom. The lowest BCUT2D eigenvalue weighted by molar-refractivity contribution is 0.0551. The molecule has 0 spiro atoms. The third kappa shape index (κ3) is 5.72. The van der Waals surface area contributed by atoms with E-state index in [0.29, 0.717) is 31.9 Å². The smallest absolute Gasteiger partial charge is 0.335 e. The summed E-state index contributed by atoms with van der Waals surface area (Å²) in [4.78, 5) is 10.8. The zero-order valence-corrected chi connectivity index (χ0v) is 11.3. The van der Waals surface area contributed by atoms with Crippen LogP contribution in [0.2, 0.25) is 0 Å². The Hall–Kier alpha value is -1.59. The fourth-order valence-electron chi connectivity index (χ4n) is 1.44. The van der Waals surface area contributed by atoms with Crippen LogP contribution in [-0.2, 0) is 0 Å². The van der Waals surface area contributed by atoms with Crippen molar-refractivity contribution in [3.8, 4) is 5.75 Å². The number of carboxylic acids is 1. The molecule has 0 aliphatic carbocycles. The van der Waals surface area contributed by atoms with Gasteiger partial charge >= 0.3 is 5.97 Å². The SMILES string of the molecule is CCC(C)(O)CNCCOc1cccc(C(=O)O)c1. The van der Waals surface area contributed by atoms with E-state index in [-0.39, 0.29) is 5.56 Å². The maximum absolute atomic E-state index is 10.8. The molecule has 5 nitrogen and oxygen atoms in total. The first kappa shape index (κ1) is 15.5. The Labute approximate surface area is 113 Å². The molecule has 1 unspecified atom stereocenters. The van der Waals surface area contributed by atoms with Crippen molar-refractivity contribution in [3.05, 3.63) is 29.8 Å². The summed E-state index contributed by atoms with van der Waals surface area (Å²) in [6.45, 7) is 5.21. The lowest BCUT2D eigenvalue weighted by atomic mass is 10.0. The Morgan fingerprint density at radius 1 is 1.47 bits per heavy atom. The minimum absolute atomic E-state index is 0.208. The zero-order chi connectivity index (χ0) is 14.3. The van der Waals surface area contributed by atoms with Gasteiger partial charge in [0.05, 0.1) is 11.2 Å². The summed E-state index contributed by atoms with van der Waals surface area (Å²) < 4.78 is 5.44. The van der Waals surface area contributed by atoms with Crippen molar-refractivity contribution in [1.82, 2.24) is 5.32 Å². The van der Waals surface area contributed by atoms with Crippen LogP contribution in [0.25, 0.3) is 0 Å². The van der Waals surface area contributed by atoms with Gasteiger partial charge < -0.3 is 20.3 Å². The Bertz CT molecular complexity index is 418. The molecule has 0 aliphatic heterocycles. The summed E-state index contributed by atoms with van der Waals surface area (Å²) in [5.74, 6) is -0.438. The number of hydrogen-bond acceptors (Lipinski definition) is 4. The van der Waals surface area contributed by atoms with Crippen molar-refractivity contribution in [2.24, 2.45) is 0 Å². The molecular formula is C14H21NO4. The molecule has 1 rings (SSSR count). The number of rotatable bonds is 8. The van der Waals surface area contributed by atoms with Gasteiger partial charge in [-0.05, 0) is 31.5 Å². The number of hydrogen-bond donors (Lipinski definition) is 3. The van der Waals surface area contributed by atoms with Crippen LogP contribution in [0.3, 0.4) is 0 Å². The highest BCUT2D eigenvalue weighted by Crippen LogP contribution is 2.13. The predicted molar refractivity (Wildman–Crippen MR) is 72.7 cm³/mol. The van der Waals surface area contributed by atoms with Gasteiger partial charge in [0.1, 0.15) is 12.4 Å². The van der Waals surface area contributed by atoms with Crippen LogP contribution >= 0.6 is 0 Å². The quantitative estimate of drug-likeness (QED) is 0.622. The second-order valence-electron chi connectivity index (χ2n) is 4.71. The van der Waals surface area contributed by atoms with Crippen LogP contribution in [0.4, 0.5) is 0 Å². The number of aliphatic hydroxyl groups is 1. The van der Waals surface area contributed by atoms with Crippen molar-refractivity contribution in [2.45, 2.75) is 25.9 Å². The lowest BCUT2D eigenvalue weighted by Gasteiger charge is -2.21. The second kappa shape index (κ2) is 7.11. The van der Waals surface area contributed by atoms with E-state index in [1.165, 1.54) is 12.1 Å². The van der Waals surface area contributed by atoms with Crippen LogP contribution in [-0.4, -0.2) is 41.5 Å². The van der Waals surface area contributed by atoms with E-state index in [2.05, 4.69) is 5.32 Å². The molecule has 0 saturated carbocycles. The third-order valence-electron chi connectivity index (χ3n) is 2.90. The van der Waals surface area contributed by atoms with E-state index < -0.39 is 11.6 Å². The fourth-order valence-corrected chi connectivity index (χ4v) is 1.44. The number of carboxylic acid groups (broad SMARTS) is 1. The third-order valence-corrected chi connectivity index (χ3v) is 2.90. The van der Waals surface area contributed by atoms with Crippen molar-refractivity contribution in [3.63, 3.8) is 0 Å². The first-order valence-electron chi connectivity index (χ1n) is 6.34. The van der Waals surface area contributed by atoms with Crippen molar-refractivity contribution < 1.29 is 19.7 Å². The minimum Gasteiger partial charge on any atom is -0.492 e. The molecule has 0 aliphatic rings. The maximum Gasteiger partial charge on any atom is 0.335 e. The standard InChI is InChI=1S/C14H21NO4/c1-3-14(2,18)10-15-7-8-19-12-6-4-5-11(9-12)13(16)17/h4-6,9,15,18H,3,7-8,10H2,1-2H3,(H,16,17). The van der Waals surface area contributed by atoms with Gasteiger partial charge in [-0.3, -0.25) is 0 Å². The van der Waals surface area contributed by atoms with Crippen LogP contribution in [0.15, 0.2) is 24.3 Å². The molecule has 1 aromatic carbocycles. The summed E-state index contributed by atoms with van der Waals surface area (Å²) in [7, 11) is 0. The zero-order valence-electron chi connectivity index (χ0n) is 11.3. The average molecular weight is 267 g/mol. The summed E-state index contributed by atoms with van der Waals surface area (Å²) >= 11 is 0. The molecule has 0 amide bonds. The van der Waals surface area contributed by atoms with Crippen LogP contribution < -0.4 is 10.1 Å². The summed E-state index contributed by atoms with van der Waals surface area (Å²) in [5, 5.41) is 21.7. The molecule has 0 radical (unpaired) electrons. The maximum atomic E-state index is 10.8. The minimum atomic E-state index is -0.970. The van der Waals surface area contributed by atoms with E-state index in [4.69, 9.17) is 9.84 Å². The molecule has 1 atom stereocenters. The van der Waals surface area contributed by atoms with Crippen molar-refractivity contribution in [2.75, 3.05) is 19.7 Å². The summed E-state index contributed by atoms with van der Waals surface area (Å²) in [6.07, 6.45) is 0.682. The highest BCUT2D eigenvalue weighted by Gasteiger charge is 2.15. The Morgan fingerprint density at radius 2 is 2.21 bits per heavy atom. The second-order valence-corrected chi connectivity index (χ2v) is 4.71. The van der Waals surface area contributed by atoms with Gasteiger partial charge in [0.15, 0.2) is 0 Å². The molecule has 0 fully saturated rings. The largest absolute Gasteiger partial charge is 0.492 e. The Kier molecular flexibility index (Phi) is 5.79. The first-order valence-corrected chi connectivity index (χ1v) is 6.34. The number of benzene rings is 1. The molecule has 3 N–H and O–H groups in total. The summed E-state index contributed by atoms with van der Waals surface area (Å²) in [6, 6.07) is 6.37. The van der Waals surface area contributed by atoms with E-state index >= 15 is 0 Å². The summed E-state index contributed by atoms with van der Waals surface area (Å²) in [5.41, 5.74) is -0.497. The molecule has 106 valence electrons. The predicted octanol–water partition coefficient (Wildman–Crippen LogP) is 1.51. The van der Waals surface area contributed by atoms with Crippen molar-refractivity contribution >= 4 is 5.97 Å².